The fourth-order valence-corrected chi connectivity index (χ4v) is 2.83. The summed E-state index contributed by atoms with van der Waals surface area (Å²) in [7, 11) is 0. The van der Waals surface area contributed by atoms with Crippen molar-refractivity contribution in [1.29, 1.82) is 0 Å². The molecule has 122 valence electrons. The maximum atomic E-state index is 12.2. The van der Waals surface area contributed by atoms with Gasteiger partial charge in [-0.1, -0.05) is 24.3 Å². The van der Waals surface area contributed by atoms with Gasteiger partial charge in [0.2, 0.25) is 0 Å². The highest BCUT2D eigenvalue weighted by molar-refractivity contribution is 5.74. The van der Waals surface area contributed by atoms with Gasteiger partial charge >= 0.3 is 6.03 Å². The maximum absolute atomic E-state index is 12.2. The maximum Gasteiger partial charge on any atom is 0.317 e. The lowest BCUT2D eigenvalue weighted by Crippen LogP contribution is -2.51. The minimum atomic E-state index is -0.0167. The first-order valence-corrected chi connectivity index (χ1v) is 8.04. The van der Waals surface area contributed by atoms with Crippen molar-refractivity contribution < 1.29 is 9.21 Å². The van der Waals surface area contributed by atoms with Gasteiger partial charge in [-0.2, -0.15) is 0 Å². The van der Waals surface area contributed by atoms with Crippen LogP contribution in [0.15, 0.2) is 47.1 Å². The number of rotatable bonds is 4. The van der Waals surface area contributed by atoms with Crippen molar-refractivity contribution in [3.05, 3.63) is 59.5 Å². The van der Waals surface area contributed by atoms with Crippen molar-refractivity contribution in [2.75, 3.05) is 26.2 Å². The minimum Gasteiger partial charge on any atom is -0.467 e. The second-order valence-corrected chi connectivity index (χ2v) is 5.93. The van der Waals surface area contributed by atoms with E-state index in [0.29, 0.717) is 6.54 Å². The van der Waals surface area contributed by atoms with E-state index in [1.54, 1.807) is 6.26 Å². The van der Waals surface area contributed by atoms with Gasteiger partial charge in [0.05, 0.1) is 12.8 Å². The molecule has 0 atom stereocenters. The molecule has 0 saturated carbocycles. The lowest BCUT2D eigenvalue weighted by molar-refractivity contribution is 0.134. The van der Waals surface area contributed by atoms with Crippen LogP contribution >= 0.6 is 0 Å². The van der Waals surface area contributed by atoms with Gasteiger partial charge in [0.1, 0.15) is 5.76 Å². The number of nitrogens with one attached hydrogen (secondary N) is 1. The number of hydrogen-bond acceptors (Lipinski definition) is 3. The molecule has 1 fully saturated rings. The molecule has 0 bridgehead atoms. The second kappa shape index (κ2) is 7.33. The number of urea groups is 1. The molecule has 1 aliphatic rings. The summed E-state index contributed by atoms with van der Waals surface area (Å²) >= 11 is 0. The zero-order valence-electron chi connectivity index (χ0n) is 13.5. The van der Waals surface area contributed by atoms with Crippen molar-refractivity contribution in [2.24, 2.45) is 0 Å². The molecule has 1 aromatic carbocycles. The van der Waals surface area contributed by atoms with E-state index in [2.05, 4.69) is 41.4 Å². The normalized spacial score (nSPS) is 15.6. The van der Waals surface area contributed by atoms with Gasteiger partial charge in [0, 0.05) is 32.7 Å². The van der Waals surface area contributed by atoms with Crippen LogP contribution in [-0.2, 0) is 13.1 Å². The number of hydrogen-bond donors (Lipinski definition) is 1. The first-order chi connectivity index (χ1) is 11.2. The zero-order chi connectivity index (χ0) is 16.1. The highest BCUT2D eigenvalue weighted by atomic mass is 16.3. The molecule has 5 heteroatoms. The first kappa shape index (κ1) is 15.6. The summed E-state index contributed by atoms with van der Waals surface area (Å²) in [5.74, 6) is 0.775. The number of carbonyl (C=O) groups is 1. The van der Waals surface area contributed by atoms with E-state index in [9.17, 15) is 4.79 Å². The monoisotopic (exact) mass is 313 g/mol. The molecule has 0 unspecified atom stereocenters. The van der Waals surface area contributed by atoms with Gasteiger partial charge in [-0.25, -0.2) is 4.79 Å². The molecule has 23 heavy (non-hydrogen) atoms. The third-order valence-corrected chi connectivity index (χ3v) is 4.31. The van der Waals surface area contributed by atoms with Crippen LogP contribution in [0.5, 0.6) is 0 Å². The summed E-state index contributed by atoms with van der Waals surface area (Å²) in [6, 6.07) is 12.1. The molecule has 0 spiro atoms. The molecule has 1 N–H and O–H groups in total. The number of piperazine rings is 1. The summed E-state index contributed by atoms with van der Waals surface area (Å²) in [6.45, 7) is 6.87. The van der Waals surface area contributed by atoms with Crippen molar-refractivity contribution >= 4 is 6.03 Å². The quantitative estimate of drug-likeness (QED) is 0.944. The number of benzene rings is 1. The summed E-state index contributed by atoms with van der Waals surface area (Å²) in [6.07, 6.45) is 1.62. The molecule has 2 amide bonds. The van der Waals surface area contributed by atoms with Gasteiger partial charge in [-0.15, -0.1) is 0 Å². The van der Waals surface area contributed by atoms with Crippen LogP contribution in [0.2, 0.25) is 0 Å². The third-order valence-electron chi connectivity index (χ3n) is 4.31. The third kappa shape index (κ3) is 4.13. The van der Waals surface area contributed by atoms with Gasteiger partial charge in [-0.05, 0) is 30.2 Å². The van der Waals surface area contributed by atoms with E-state index < -0.39 is 0 Å². The molecule has 2 heterocycles. The first-order valence-electron chi connectivity index (χ1n) is 8.04. The van der Waals surface area contributed by atoms with Crippen LogP contribution < -0.4 is 5.32 Å². The average molecular weight is 313 g/mol. The van der Waals surface area contributed by atoms with E-state index >= 15 is 0 Å². The predicted octanol–water partition coefficient (Wildman–Crippen LogP) is 2.62. The van der Waals surface area contributed by atoms with Crippen LogP contribution in [0, 0.1) is 6.92 Å². The lowest BCUT2D eigenvalue weighted by Gasteiger charge is -2.34. The van der Waals surface area contributed by atoms with E-state index in [-0.39, 0.29) is 6.03 Å². The molecule has 1 aromatic heterocycles. The van der Waals surface area contributed by atoms with Crippen LogP contribution in [0.1, 0.15) is 16.9 Å². The van der Waals surface area contributed by atoms with Gasteiger partial charge in [0.15, 0.2) is 0 Å². The van der Waals surface area contributed by atoms with E-state index in [0.717, 1.165) is 38.5 Å². The number of amides is 2. The van der Waals surface area contributed by atoms with Gasteiger partial charge in [-0.3, -0.25) is 4.90 Å². The number of nitrogens with zero attached hydrogens (tertiary/aromatic N) is 2. The zero-order valence-corrected chi connectivity index (χ0v) is 13.5. The Morgan fingerprint density at radius 2 is 1.91 bits per heavy atom. The summed E-state index contributed by atoms with van der Waals surface area (Å²) in [4.78, 5) is 16.4. The Kier molecular flexibility index (Phi) is 4.98. The molecular weight excluding hydrogens is 290 g/mol. The molecular formula is C18H23N3O2. The van der Waals surface area contributed by atoms with Crippen LogP contribution in [-0.4, -0.2) is 42.0 Å². The SMILES string of the molecule is Cc1ccccc1CN1CCN(C(=O)NCc2ccco2)CC1. The van der Waals surface area contributed by atoms with Crippen molar-refractivity contribution in [3.8, 4) is 0 Å². The fraction of sp³-hybridized carbons (Fsp3) is 0.389. The van der Waals surface area contributed by atoms with Crippen LogP contribution in [0.25, 0.3) is 0 Å². The highest BCUT2D eigenvalue weighted by Crippen LogP contribution is 2.12. The number of carbonyl (C=O) groups excluding carboxylic acids is 1. The molecule has 5 nitrogen and oxygen atoms in total. The van der Waals surface area contributed by atoms with Crippen LogP contribution in [0.3, 0.4) is 0 Å². The Morgan fingerprint density at radius 3 is 2.61 bits per heavy atom. The molecule has 1 aliphatic heterocycles. The standard InChI is InChI=1S/C18H23N3O2/c1-15-5-2-3-6-16(15)14-20-8-10-21(11-9-20)18(22)19-13-17-7-4-12-23-17/h2-7,12H,8-11,13-14H2,1H3,(H,19,22). The smallest absolute Gasteiger partial charge is 0.317 e. The van der Waals surface area contributed by atoms with Crippen LogP contribution in [0.4, 0.5) is 4.79 Å². The average Bonchev–Trinajstić information content (AvgIpc) is 3.09. The highest BCUT2D eigenvalue weighted by Gasteiger charge is 2.21. The Labute approximate surface area is 136 Å². The Balaban J connectivity index is 1.44. The summed E-state index contributed by atoms with van der Waals surface area (Å²) in [5, 5.41) is 2.90. The minimum absolute atomic E-state index is 0.0167. The van der Waals surface area contributed by atoms with Crippen molar-refractivity contribution in [2.45, 2.75) is 20.0 Å². The van der Waals surface area contributed by atoms with E-state index in [1.165, 1.54) is 11.1 Å². The van der Waals surface area contributed by atoms with E-state index in [4.69, 9.17) is 4.42 Å². The topological polar surface area (TPSA) is 48.7 Å². The molecule has 0 radical (unpaired) electrons. The van der Waals surface area contributed by atoms with Crippen molar-refractivity contribution in [3.63, 3.8) is 0 Å². The van der Waals surface area contributed by atoms with Crippen molar-refractivity contribution in [1.82, 2.24) is 15.1 Å². The van der Waals surface area contributed by atoms with E-state index in [1.807, 2.05) is 17.0 Å². The molecule has 3 rings (SSSR count). The van der Waals surface area contributed by atoms with Gasteiger partial charge in [0.25, 0.3) is 0 Å². The fourth-order valence-electron chi connectivity index (χ4n) is 2.83. The lowest BCUT2D eigenvalue weighted by atomic mass is 10.1. The Hall–Kier alpha value is -2.27. The number of aryl methyl sites for hydroxylation is 1. The molecule has 2 aromatic rings. The largest absolute Gasteiger partial charge is 0.467 e. The Morgan fingerprint density at radius 1 is 1.13 bits per heavy atom. The Bertz CT molecular complexity index is 631. The number of furan rings is 1. The van der Waals surface area contributed by atoms with Gasteiger partial charge < -0.3 is 14.6 Å². The second-order valence-electron chi connectivity index (χ2n) is 5.93. The summed E-state index contributed by atoms with van der Waals surface area (Å²) < 4.78 is 5.22. The summed E-state index contributed by atoms with van der Waals surface area (Å²) in [5.41, 5.74) is 2.69. The predicted molar refractivity (Wildman–Crippen MR) is 89.0 cm³/mol. The molecule has 1 saturated heterocycles. The molecule has 0 aliphatic carbocycles.